The Morgan fingerprint density at radius 3 is 2.94 bits per heavy atom. The number of aryl methyl sites for hydroxylation is 1. The van der Waals surface area contributed by atoms with Gasteiger partial charge in [-0.15, -0.1) is 0 Å². The number of nitrogens with one attached hydrogen (secondary N) is 1. The average molecular weight is 267 g/mol. The van der Waals surface area contributed by atoms with Gasteiger partial charge in [-0.1, -0.05) is 29.0 Å². The van der Waals surface area contributed by atoms with E-state index in [1.165, 1.54) is 11.3 Å². The summed E-state index contributed by atoms with van der Waals surface area (Å²) < 4.78 is 0.942. The number of aromatic nitrogens is 1. The van der Waals surface area contributed by atoms with E-state index in [0.717, 1.165) is 28.6 Å². The molecule has 1 heterocycles. The number of benzene rings is 1. The van der Waals surface area contributed by atoms with E-state index in [1.807, 2.05) is 19.1 Å². The number of anilines is 1. The molecule has 0 spiro atoms. The molecule has 0 bridgehead atoms. The summed E-state index contributed by atoms with van der Waals surface area (Å²) >= 11 is 7.55. The molecule has 1 N–H and O–H groups in total. The monoisotopic (exact) mass is 266 g/mol. The summed E-state index contributed by atoms with van der Waals surface area (Å²) in [5.74, 6) is 0.274. The topological polar surface area (TPSA) is 42.0 Å². The van der Waals surface area contributed by atoms with Crippen LogP contribution < -0.4 is 5.32 Å². The fraction of sp³-hybridized carbons (Fsp3) is 0.333. The van der Waals surface area contributed by atoms with E-state index in [-0.39, 0.29) is 11.8 Å². The van der Waals surface area contributed by atoms with Gasteiger partial charge in [-0.05, 0) is 31.4 Å². The maximum absolute atomic E-state index is 11.6. The Morgan fingerprint density at radius 2 is 2.29 bits per heavy atom. The van der Waals surface area contributed by atoms with Crippen molar-refractivity contribution in [2.45, 2.75) is 19.8 Å². The molecule has 1 amide bonds. The molecule has 0 aliphatic heterocycles. The van der Waals surface area contributed by atoms with Gasteiger partial charge >= 0.3 is 0 Å². The van der Waals surface area contributed by atoms with Gasteiger partial charge in [0.2, 0.25) is 5.91 Å². The highest BCUT2D eigenvalue weighted by atomic mass is 35.5. The lowest BCUT2D eigenvalue weighted by Crippen LogP contribution is -2.12. The van der Waals surface area contributed by atoms with Crippen LogP contribution >= 0.6 is 22.9 Å². The number of amides is 1. The molecule has 1 aromatic carbocycles. The zero-order chi connectivity index (χ0) is 12.0. The molecule has 2 aromatic rings. The minimum absolute atomic E-state index is 0.0813. The van der Waals surface area contributed by atoms with Crippen LogP contribution in [-0.4, -0.2) is 10.9 Å². The summed E-state index contributed by atoms with van der Waals surface area (Å²) in [6, 6.07) is 3.81. The Bertz CT molecular complexity index is 565. The van der Waals surface area contributed by atoms with Crippen LogP contribution in [0, 0.1) is 12.8 Å². The predicted molar refractivity (Wildman–Crippen MR) is 70.7 cm³/mol. The number of fused-ring (bicyclic) bond motifs is 1. The van der Waals surface area contributed by atoms with E-state index in [4.69, 9.17) is 11.6 Å². The summed E-state index contributed by atoms with van der Waals surface area (Å²) in [5, 5.41) is 4.19. The summed E-state index contributed by atoms with van der Waals surface area (Å²) in [5.41, 5.74) is 1.96. The van der Waals surface area contributed by atoms with Crippen molar-refractivity contribution >= 4 is 44.2 Å². The van der Waals surface area contributed by atoms with Crippen LogP contribution in [0.4, 0.5) is 5.13 Å². The molecular weight excluding hydrogens is 256 g/mol. The number of halogens is 1. The van der Waals surface area contributed by atoms with E-state index in [2.05, 4.69) is 10.3 Å². The van der Waals surface area contributed by atoms with Crippen molar-refractivity contribution in [1.29, 1.82) is 0 Å². The first-order chi connectivity index (χ1) is 8.15. The zero-order valence-corrected chi connectivity index (χ0v) is 10.9. The number of carbonyl (C=O) groups is 1. The van der Waals surface area contributed by atoms with E-state index in [1.54, 1.807) is 0 Å². The van der Waals surface area contributed by atoms with Gasteiger partial charge in [0.25, 0.3) is 0 Å². The number of carbonyl (C=O) groups excluding carboxylic acids is 1. The normalized spacial score (nSPS) is 15.2. The van der Waals surface area contributed by atoms with Crippen LogP contribution in [0.1, 0.15) is 18.4 Å². The standard InChI is InChI=1S/C12H11ClN2OS/c1-6-2-5-8(13)10-9(6)14-12(17-10)15-11(16)7-3-4-7/h2,5,7H,3-4H2,1H3,(H,14,15,16). The second kappa shape index (κ2) is 3.96. The molecule has 3 nitrogen and oxygen atoms in total. The highest BCUT2D eigenvalue weighted by Crippen LogP contribution is 2.35. The third kappa shape index (κ3) is 2.03. The smallest absolute Gasteiger partial charge is 0.229 e. The van der Waals surface area contributed by atoms with Gasteiger partial charge < -0.3 is 5.32 Å². The summed E-state index contributed by atoms with van der Waals surface area (Å²) in [6.07, 6.45) is 1.99. The van der Waals surface area contributed by atoms with Crippen molar-refractivity contribution < 1.29 is 4.79 Å². The second-order valence-corrected chi connectivity index (χ2v) is 5.73. The third-order valence-corrected chi connectivity index (χ3v) is 4.31. The Hall–Kier alpha value is -1.13. The molecule has 1 aliphatic carbocycles. The Balaban J connectivity index is 1.98. The molecule has 1 fully saturated rings. The minimum Gasteiger partial charge on any atom is -0.302 e. The van der Waals surface area contributed by atoms with Crippen molar-refractivity contribution in [3.8, 4) is 0 Å². The molecular formula is C12H11ClN2OS. The Labute approximate surface area is 108 Å². The molecule has 0 unspecified atom stereocenters. The third-order valence-electron chi connectivity index (χ3n) is 2.88. The van der Waals surface area contributed by atoms with E-state index < -0.39 is 0 Å². The van der Waals surface area contributed by atoms with Gasteiger partial charge in [-0.3, -0.25) is 4.79 Å². The van der Waals surface area contributed by atoms with Crippen LogP contribution in [0.2, 0.25) is 5.02 Å². The average Bonchev–Trinajstić information content (AvgIpc) is 3.06. The lowest BCUT2D eigenvalue weighted by atomic mass is 10.2. The summed E-state index contributed by atoms with van der Waals surface area (Å²) in [7, 11) is 0. The van der Waals surface area contributed by atoms with Crippen molar-refractivity contribution in [3.63, 3.8) is 0 Å². The Kier molecular flexibility index (Phi) is 2.56. The number of rotatable bonds is 2. The SMILES string of the molecule is Cc1ccc(Cl)c2sc(NC(=O)C3CC3)nc12. The van der Waals surface area contributed by atoms with Gasteiger partial charge in [0, 0.05) is 5.92 Å². The van der Waals surface area contributed by atoms with Crippen molar-refractivity contribution in [3.05, 3.63) is 22.7 Å². The summed E-state index contributed by atoms with van der Waals surface area (Å²) in [6.45, 7) is 1.99. The lowest BCUT2D eigenvalue weighted by Gasteiger charge is -1.96. The maximum Gasteiger partial charge on any atom is 0.229 e. The molecule has 17 heavy (non-hydrogen) atoms. The highest BCUT2D eigenvalue weighted by Gasteiger charge is 2.30. The van der Waals surface area contributed by atoms with Crippen LogP contribution in [-0.2, 0) is 4.79 Å². The molecule has 0 saturated heterocycles. The van der Waals surface area contributed by atoms with Gasteiger partial charge in [-0.25, -0.2) is 4.98 Å². The molecule has 0 radical (unpaired) electrons. The predicted octanol–water partition coefficient (Wildman–Crippen LogP) is 3.61. The van der Waals surface area contributed by atoms with Gasteiger partial charge in [0.15, 0.2) is 5.13 Å². The molecule has 0 atom stereocenters. The van der Waals surface area contributed by atoms with Crippen LogP contribution in [0.3, 0.4) is 0 Å². The molecule has 1 aromatic heterocycles. The van der Waals surface area contributed by atoms with Crippen LogP contribution in [0.5, 0.6) is 0 Å². The molecule has 1 aliphatic rings. The van der Waals surface area contributed by atoms with Crippen molar-refractivity contribution in [2.24, 2.45) is 5.92 Å². The molecule has 5 heteroatoms. The first-order valence-electron chi connectivity index (χ1n) is 5.51. The van der Waals surface area contributed by atoms with E-state index >= 15 is 0 Å². The fourth-order valence-corrected chi connectivity index (χ4v) is 2.93. The first kappa shape index (κ1) is 11.0. The number of hydrogen-bond donors (Lipinski definition) is 1. The quantitative estimate of drug-likeness (QED) is 0.902. The number of hydrogen-bond acceptors (Lipinski definition) is 3. The van der Waals surface area contributed by atoms with Crippen LogP contribution in [0.25, 0.3) is 10.2 Å². The van der Waals surface area contributed by atoms with Crippen molar-refractivity contribution in [1.82, 2.24) is 4.98 Å². The minimum atomic E-state index is 0.0813. The van der Waals surface area contributed by atoms with Gasteiger partial charge in [-0.2, -0.15) is 0 Å². The second-order valence-electron chi connectivity index (χ2n) is 4.32. The number of thiazole rings is 1. The number of nitrogens with zero attached hydrogens (tertiary/aromatic N) is 1. The lowest BCUT2D eigenvalue weighted by molar-refractivity contribution is -0.117. The summed E-state index contributed by atoms with van der Waals surface area (Å²) in [4.78, 5) is 16.1. The Morgan fingerprint density at radius 1 is 1.53 bits per heavy atom. The zero-order valence-electron chi connectivity index (χ0n) is 9.29. The van der Waals surface area contributed by atoms with Crippen molar-refractivity contribution in [2.75, 3.05) is 5.32 Å². The van der Waals surface area contributed by atoms with Gasteiger partial charge in [0.05, 0.1) is 15.2 Å². The van der Waals surface area contributed by atoms with E-state index in [0.29, 0.717) is 10.2 Å². The van der Waals surface area contributed by atoms with Crippen LogP contribution in [0.15, 0.2) is 12.1 Å². The first-order valence-corrected chi connectivity index (χ1v) is 6.71. The van der Waals surface area contributed by atoms with Gasteiger partial charge in [0.1, 0.15) is 0 Å². The highest BCUT2D eigenvalue weighted by molar-refractivity contribution is 7.23. The molecule has 1 saturated carbocycles. The fourth-order valence-electron chi connectivity index (χ4n) is 1.71. The molecule has 3 rings (SSSR count). The van der Waals surface area contributed by atoms with E-state index in [9.17, 15) is 4.79 Å². The largest absolute Gasteiger partial charge is 0.302 e. The maximum atomic E-state index is 11.6. The molecule has 88 valence electrons.